The van der Waals surface area contributed by atoms with Gasteiger partial charge in [0.2, 0.25) is 0 Å². The molecule has 0 aromatic heterocycles. The highest BCUT2D eigenvalue weighted by atomic mass is 32.2. The third-order valence-corrected chi connectivity index (χ3v) is 6.00. The molecule has 1 N–H and O–H groups in total. The van der Waals surface area contributed by atoms with E-state index in [4.69, 9.17) is 4.74 Å². The Labute approximate surface area is 145 Å². The second-order valence-electron chi connectivity index (χ2n) is 5.40. The van der Waals surface area contributed by atoms with Gasteiger partial charge >= 0.3 is 0 Å². The zero-order chi connectivity index (χ0) is 17.2. The van der Waals surface area contributed by atoms with E-state index < -0.39 is 10.0 Å². The van der Waals surface area contributed by atoms with E-state index in [0.717, 1.165) is 17.0 Å². The van der Waals surface area contributed by atoms with Crippen LogP contribution >= 0.6 is 11.8 Å². The topological polar surface area (TPSA) is 88.1 Å². The van der Waals surface area contributed by atoms with Crippen molar-refractivity contribution in [1.29, 1.82) is 0 Å². The van der Waals surface area contributed by atoms with E-state index in [1.807, 2.05) is 17.9 Å². The van der Waals surface area contributed by atoms with Gasteiger partial charge in [-0.2, -0.15) is 0 Å². The number of nitrogens with one attached hydrogen (secondary N) is 1. The Bertz CT molecular complexity index is 777. The fraction of sp³-hybridized carbons (Fsp3) is 0.467. The van der Waals surface area contributed by atoms with Crippen LogP contribution in [0.4, 0.5) is 5.69 Å². The van der Waals surface area contributed by atoms with Crippen molar-refractivity contribution in [3.8, 4) is 0 Å². The number of amides is 1. The Balaban J connectivity index is 1.67. The molecule has 1 aromatic rings. The van der Waals surface area contributed by atoms with Gasteiger partial charge in [0.25, 0.3) is 15.9 Å². The molecule has 7 nitrogen and oxygen atoms in total. The first kappa shape index (κ1) is 17.2. The van der Waals surface area contributed by atoms with Crippen LogP contribution in [0.1, 0.15) is 23.7 Å². The Morgan fingerprint density at radius 3 is 3.08 bits per heavy atom. The normalized spacial score (nSPS) is 17.9. The van der Waals surface area contributed by atoms with E-state index in [0.29, 0.717) is 37.0 Å². The maximum absolute atomic E-state index is 12.2. The van der Waals surface area contributed by atoms with Crippen molar-refractivity contribution >= 4 is 38.5 Å². The van der Waals surface area contributed by atoms with Crippen LogP contribution in [-0.4, -0.2) is 51.5 Å². The number of ether oxygens (including phenoxy) is 1. The average Bonchev–Trinajstić information content (AvgIpc) is 2.89. The highest BCUT2D eigenvalue weighted by Gasteiger charge is 2.33. The minimum atomic E-state index is -3.37. The summed E-state index contributed by atoms with van der Waals surface area (Å²) in [6, 6.07) is 5.38. The van der Waals surface area contributed by atoms with Gasteiger partial charge in [0.05, 0.1) is 11.4 Å². The van der Waals surface area contributed by atoms with E-state index in [1.54, 1.807) is 12.1 Å². The van der Waals surface area contributed by atoms with Crippen molar-refractivity contribution in [1.82, 2.24) is 5.32 Å². The van der Waals surface area contributed by atoms with Gasteiger partial charge in [-0.1, -0.05) is 0 Å². The quantitative estimate of drug-likeness (QED) is 0.764. The number of fused-ring (bicyclic) bond motifs is 3. The van der Waals surface area contributed by atoms with Gasteiger partial charge in [-0.15, -0.1) is 4.40 Å². The summed E-state index contributed by atoms with van der Waals surface area (Å²) in [4.78, 5) is 14.9. The Hall–Kier alpha value is -1.58. The number of carbonyl (C=O) groups is 1. The third-order valence-electron chi connectivity index (χ3n) is 3.69. The first-order valence-electron chi connectivity index (χ1n) is 7.78. The van der Waals surface area contributed by atoms with Crippen LogP contribution in [0, 0.1) is 0 Å². The Morgan fingerprint density at radius 2 is 2.29 bits per heavy atom. The number of hydrogen-bond donors (Lipinski definition) is 1. The van der Waals surface area contributed by atoms with Gasteiger partial charge in [-0.25, -0.2) is 8.42 Å². The van der Waals surface area contributed by atoms with Gasteiger partial charge in [0, 0.05) is 36.8 Å². The number of amidine groups is 1. The van der Waals surface area contributed by atoms with Crippen LogP contribution < -0.4 is 10.2 Å². The van der Waals surface area contributed by atoms with E-state index in [2.05, 4.69) is 9.71 Å². The van der Waals surface area contributed by atoms with Crippen LogP contribution in [-0.2, 0) is 14.8 Å². The largest absolute Gasteiger partial charge is 0.382 e. The molecule has 2 heterocycles. The monoisotopic (exact) mass is 369 g/mol. The van der Waals surface area contributed by atoms with E-state index in [-0.39, 0.29) is 11.7 Å². The smallest absolute Gasteiger partial charge is 0.257 e. The standard InChI is InChI=1S/C15H19N3O4S2/c1-2-22-8-3-6-16-14(19)11-4-5-12-13(10-11)23-15-17-24(20,21)9-7-18(12)15/h4-5,10H,2-3,6-9H2,1H3,(H,16,19). The number of benzene rings is 1. The fourth-order valence-corrected chi connectivity index (χ4v) is 4.79. The van der Waals surface area contributed by atoms with Crippen molar-refractivity contribution in [2.24, 2.45) is 4.40 Å². The predicted octanol–water partition coefficient (Wildman–Crippen LogP) is 1.45. The molecular weight excluding hydrogens is 350 g/mol. The Kier molecular flexibility index (Phi) is 5.12. The fourth-order valence-electron chi connectivity index (χ4n) is 2.49. The van der Waals surface area contributed by atoms with Gasteiger partial charge in [-0.05, 0) is 43.3 Å². The van der Waals surface area contributed by atoms with Crippen molar-refractivity contribution < 1.29 is 17.9 Å². The van der Waals surface area contributed by atoms with Crippen LogP contribution in [0.15, 0.2) is 27.5 Å². The summed E-state index contributed by atoms with van der Waals surface area (Å²) >= 11 is 1.29. The number of anilines is 1. The Morgan fingerprint density at radius 1 is 1.46 bits per heavy atom. The minimum absolute atomic E-state index is 0.0125. The van der Waals surface area contributed by atoms with Crippen LogP contribution in [0.5, 0.6) is 0 Å². The van der Waals surface area contributed by atoms with Gasteiger partial charge < -0.3 is 15.0 Å². The molecule has 0 radical (unpaired) electrons. The lowest BCUT2D eigenvalue weighted by Gasteiger charge is -2.22. The first-order valence-corrected chi connectivity index (χ1v) is 10.2. The molecule has 24 heavy (non-hydrogen) atoms. The lowest BCUT2D eigenvalue weighted by Crippen LogP contribution is -2.35. The molecule has 130 valence electrons. The van der Waals surface area contributed by atoms with Crippen molar-refractivity contribution in [3.05, 3.63) is 23.8 Å². The van der Waals surface area contributed by atoms with Gasteiger partial charge in [-0.3, -0.25) is 4.79 Å². The SMILES string of the molecule is CCOCCCNC(=O)c1ccc2c(c1)SC1=NS(=O)(=O)CCN12. The summed E-state index contributed by atoms with van der Waals surface area (Å²) in [5, 5.41) is 3.32. The maximum Gasteiger partial charge on any atom is 0.257 e. The number of sulfonamides is 1. The highest BCUT2D eigenvalue weighted by molar-refractivity contribution is 8.15. The number of hydrogen-bond acceptors (Lipinski definition) is 6. The summed E-state index contributed by atoms with van der Waals surface area (Å²) in [6.07, 6.45) is 0.766. The van der Waals surface area contributed by atoms with Crippen LogP contribution in [0.2, 0.25) is 0 Å². The first-order chi connectivity index (χ1) is 11.5. The maximum atomic E-state index is 12.2. The molecule has 0 bridgehead atoms. The molecule has 0 unspecified atom stereocenters. The number of rotatable bonds is 6. The second kappa shape index (κ2) is 7.12. The summed E-state index contributed by atoms with van der Waals surface area (Å²) < 4.78 is 32.3. The van der Waals surface area contributed by atoms with E-state index in [9.17, 15) is 13.2 Å². The zero-order valence-corrected chi connectivity index (χ0v) is 15.0. The molecule has 0 fully saturated rings. The summed E-state index contributed by atoms with van der Waals surface area (Å²) in [6.45, 7) is 4.18. The number of nitrogens with zero attached hydrogens (tertiary/aromatic N) is 2. The lowest BCUT2D eigenvalue weighted by molar-refractivity contribution is 0.0944. The summed E-state index contributed by atoms with van der Waals surface area (Å²) in [7, 11) is -3.37. The molecule has 0 spiro atoms. The van der Waals surface area contributed by atoms with E-state index >= 15 is 0 Å². The molecule has 1 amide bonds. The highest BCUT2D eigenvalue weighted by Crippen LogP contribution is 2.42. The van der Waals surface area contributed by atoms with Crippen molar-refractivity contribution in [2.45, 2.75) is 18.2 Å². The third kappa shape index (κ3) is 3.73. The molecule has 0 saturated heterocycles. The lowest BCUT2D eigenvalue weighted by atomic mass is 10.2. The molecule has 3 rings (SSSR count). The van der Waals surface area contributed by atoms with Crippen LogP contribution in [0.25, 0.3) is 0 Å². The molecule has 2 aliphatic heterocycles. The predicted molar refractivity (Wildman–Crippen MR) is 94.3 cm³/mol. The van der Waals surface area contributed by atoms with Gasteiger partial charge in [0.15, 0.2) is 5.17 Å². The molecule has 0 atom stereocenters. The molecule has 1 aromatic carbocycles. The molecular formula is C15H19N3O4S2. The molecule has 0 saturated carbocycles. The second-order valence-corrected chi connectivity index (χ2v) is 8.17. The zero-order valence-electron chi connectivity index (χ0n) is 13.3. The molecule has 9 heteroatoms. The van der Waals surface area contributed by atoms with Crippen molar-refractivity contribution in [2.75, 3.05) is 37.0 Å². The number of thioether (sulfide) groups is 1. The number of carbonyl (C=O) groups excluding carboxylic acids is 1. The average molecular weight is 369 g/mol. The molecule has 0 aliphatic carbocycles. The van der Waals surface area contributed by atoms with Crippen molar-refractivity contribution in [3.63, 3.8) is 0 Å². The van der Waals surface area contributed by atoms with Crippen LogP contribution in [0.3, 0.4) is 0 Å². The van der Waals surface area contributed by atoms with E-state index in [1.165, 1.54) is 11.8 Å². The minimum Gasteiger partial charge on any atom is -0.382 e. The summed E-state index contributed by atoms with van der Waals surface area (Å²) in [5.74, 6) is -0.132. The van der Waals surface area contributed by atoms with Gasteiger partial charge in [0.1, 0.15) is 0 Å². The summed E-state index contributed by atoms with van der Waals surface area (Å²) in [5.41, 5.74) is 1.46. The molecule has 2 aliphatic rings.